The molecule has 1 aliphatic carbocycles. The lowest BCUT2D eigenvalue weighted by atomic mass is 9.67. The number of benzene rings is 1. The summed E-state index contributed by atoms with van der Waals surface area (Å²) in [6.07, 6.45) is 3.40. The second-order valence-corrected chi connectivity index (χ2v) is 6.11. The van der Waals surface area contributed by atoms with Gasteiger partial charge in [0.25, 0.3) is 0 Å². The Morgan fingerprint density at radius 2 is 2.06 bits per heavy atom. The highest BCUT2D eigenvalue weighted by Crippen LogP contribution is 2.45. The van der Waals surface area contributed by atoms with Gasteiger partial charge in [-0.3, -0.25) is 0 Å². The molecule has 0 aliphatic heterocycles. The predicted molar refractivity (Wildman–Crippen MR) is 76.0 cm³/mol. The standard InChI is InChI=1S/C15H22ClNO/c1-10-4-5-11(2)15(17,9-10)13-8-12(16)6-7-14(13)18-3/h6-8,10-11H,4-5,9,17H2,1-3H3. The molecule has 3 unspecified atom stereocenters. The Kier molecular flexibility index (Phi) is 3.88. The van der Waals surface area contributed by atoms with Gasteiger partial charge in [-0.2, -0.15) is 0 Å². The summed E-state index contributed by atoms with van der Waals surface area (Å²) >= 11 is 6.13. The molecule has 18 heavy (non-hydrogen) atoms. The summed E-state index contributed by atoms with van der Waals surface area (Å²) in [5, 5.41) is 0.723. The largest absolute Gasteiger partial charge is 0.496 e. The number of hydrogen-bond donors (Lipinski definition) is 1. The van der Waals surface area contributed by atoms with Crippen LogP contribution < -0.4 is 10.5 Å². The third-order valence-electron chi connectivity index (χ3n) is 4.32. The molecular formula is C15H22ClNO. The third-order valence-corrected chi connectivity index (χ3v) is 4.56. The molecule has 100 valence electrons. The van der Waals surface area contributed by atoms with E-state index in [1.807, 2.05) is 18.2 Å². The SMILES string of the molecule is COc1ccc(Cl)cc1C1(N)CC(C)CCC1C. The summed E-state index contributed by atoms with van der Waals surface area (Å²) < 4.78 is 5.46. The third kappa shape index (κ3) is 2.36. The van der Waals surface area contributed by atoms with Crippen molar-refractivity contribution in [2.45, 2.75) is 38.6 Å². The van der Waals surface area contributed by atoms with Crippen LogP contribution in [0.25, 0.3) is 0 Å². The van der Waals surface area contributed by atoms with Gasteiger partial charge in [-0.15, -0.1) is 0 Å². The zero-order valence-corrected chi connectivity index (χ0v) is 12.1. The number of halogens is 1. The van der Waals surface area contributed by atoms with Crippen molar-refractivity contribution in [3.63, 3.8) is 0 Å². The van der Waals surface area contributed by atoms with Gasteiger partial charge in [-0.1, -0.05) is 31.9 Å². The summed E-state index contributed by atoms with van der Waals surface area (Å²) in [7, 11) is 1.69. The summed E-state index contributed by atoms with van der Waals surface area (Å²) in [6, 6.07) is 5.73. The molecular weight excluding hydrogens is 246 g/mol. The van der Waals surface area contributed by atoms with E-state index in [9.17, 15) is 0 Å². The van der Waals surface area contributed by atoms with E-state index in [4.69, 9.17) is 22.1 Å². The molecule has 1 aromatic carbocycles. The van der Waals surface area contributed by atoms with E-state index >= 15 is 0 Å². The molecule has 3 atom stereocenters. The molecule has 1 aliphatic rings. The minimum Gasteiger partial charge on any atom is -0.496 e. The van der Waals surface area contributed by atoms with Crippen molar-refractivity contribution in [3.8, 4) is 5.75 Å². The molecule has 2 nitrogen and oxygen atoms in total. The first kappa shape index (κ1) is 13.7. The van der Waals surface area contributed by atoms with Crippen LogP contribution in [0, 0.1) is 11.8 Å². The van der Waals surface area contributed by atoms with Crippen LogP contribution in [0.3, 0.4) is 0 Å². The molecule has 0 heterocycles. The van der Waals surface area contributed by atoms with Gasteiger partial charge in [0.1, 0.15) is 5.75 Å². The maximum atomic E-state index is 6.72. The van der Waals surface area contributed by atoms with Gasteiger partial charge in [0.15, 0.2) is 0 Å². The summed E-state index contributed by atoms with van der Waals surface area (Å²) in [6.45, 7) is 4.50. The van der Waals surface area contributed by atoms with Crippen molar-refractivity contribution >= 4 is 11.6 Å². The fraction of sp³-hybridized carbons (Fsp3) is 0.600. The second kappa shape index (κ2) is 5.10. The van der Waals surface area contributed by atoms with Crippen molar-refractivity contribution < 1.29 is 4.74 Å². The molecule has 0 aromatic heterocycles. The number of hydrogen-bond acceptors (Lipinski definition) is 2. The quantitative estimate of drug-likeness (QED) is 0.880. The molecule has 2 N–H and O–H groups in total. The van der Waals surface area contributed by atoms with Crippen LogP contribution in [0.4, 0.5) is 0 Å². The lowest BCUT2D eigenvalue weighted by Crippen LogP contribution is -2.47. The molecule has 0 amide bonds. The molecule has 3 heteroatoms. The van der Waals surface area contributed by atoms with Crippen LogP contribution in [0.5, 0.6) is 5.75 Å². The Bertz CT molecular complexity index is 435. The molecule has 2 rings (SSSR count). The zero-order valence-electron chi connectivity index (χ0n) is 11.4. The van der Waals surface area contributed by atoms with Crippen LogP contribution in [-0.4, -0.2) is 7.11 Å². The Morgan fingerprint density at radius 1 is 1.33 bits per heavy atom. The van der Waals surface area contributed by atoms with Crippen molar-refractivity contribution in [2.75, 3.05) is 7.11 Å². The molecule has 0 saturated heterocycles. The van der Waals surface area contributed by atoms with Crippen LogP contribution >= 0.6 is 11.6 Å². The van der Waals surface area contributed by atoms with Crippen LogP contribution in [-0.2, 0) is 5.54 Å². The first-order chi connectivity index (χ1) is 8.47. The molecule has 1 saturated carbocycles. The topological polar surface area (TPSA) is 35.2 Å². The minimum atomic E-state index is -0.325. The van der Waals surface area contributed by atoms with Gasteiger partial charge >= 0.3 is 0 Å². The molecule has 0 radical (unpaired) electrons. The van der Waals surface area contributed by atoms with Crippen LogP contribution in [0.2, 0.25) is 5.02 Å². The lowest BCUT2D eigenvalue weighted by molar-refractivity contribution is 0.158. The summed E-state index contributed by atoms with van der Waals surface area (Å²) in [4.78, 5) is 0. The fourth-order valence-electron chi connectivity index (χ4n) is 3.09. The highest BCUT2D eigenvalue weighted by molar-refractivity contribution is 6.30. The van der Waals surface area contributed by atoms with Crippen LogP contribution in [0.1, 0.15) is 38.7 Å². The normalized spacial score (nSPS) is 32.3. The number of ether oxygens (including phenoxy) is 1. The molecule has 1 fully saturated rings. The second-order valence-electron chi connectivity index (χ2n) is 5.67. The fourth-order valence-corrected chi connectivity index (χ4v) is 3.26. The van der Waals surface area contributed by atoms with Gasteiger partial charge in [-0.05, 0) is 42.9 Å². The van der Waals surface area contributed by atoms with Crippen LogP contribution in [0.15, 0.2) is 18.2 Å². The monoisotopic (exact) mass is 267 g/mol. The maximum absolute atomic E-state index is 6.72. The first-order valence-electron chi connectivity index (χ1n) is 6.60. The lowest BCUT2D eigenvalue weighted by Gasteiger charge is -2.43. The van der Waals surface area contributed by atoms with E-state index in [2.05, 4.69) is 13.8 Å². The Hall–Kier alpha value is -0.730. The predicted octanol–water partition coefficient (Wildman–Crippen LogP) is 3.96. The van der Waals surface area contributed by atoms with E-state index in [0.717, 1.165) is 29.2 Å². The van der Waals surface area contributed by atoms with E-state index < -0.39 is 0 Å². The Balaban J connectivity index is 2.47. The maximum Gasteiger partial charge on any atom is 0.124 e. The van der Waals surface area contributed by atoms with Gasteiger partial charge in [0.2, 0.25) is 0 Å². The molecule has 0 spiro atoms. The number of methoxy groups -OCH3 is 1. The Morgan fingerprint density at radius 3 is 2.72 bits per heavy atom. The van der Waals surface area contributed by atoms with Gasteiger partial charge in [-0.25, -0.2) is 0 Å². The van der Waals surface area contributed by atoms with Crippen molar-refractivity contribution in [1.29, 1.82) is 0 Å². The average molecular weight is 268 g/mol. The Labute approximate surface area is 114 Å². The van der Waals surface area contributed by atoms with Crippen molar-refractivity contribution in [1.82, 2.24) is 0 Å². The summed E-state index contributed by atoms with van der Waals surface area (Å²) in [5.41, 5.74) is 7.45. The zero-order chi connectivity index (χ0) is 13.3. The average Bonchev–Trinajstić information content (AvgIpc) is 2.34. The van der Waals surface area contributed by atoms with Gasteiger partial charge in [0.05, 0.1) is 7.11 Å². The minimum absolute atomic E-state index is 0.325. The molecule has 1 aromatic rings. The van der Waals surface area contributed by atoms with Crippen molar-refractivity contribution in [3.05, 3.63) is 28.8 Å². The first-order valence-corrected chi connectivity index (χ1v) is 6.98. The van der Waals surface area contributed by atoms with E-state index in [1.54, 1.807) is 7.11 Å². The summed E-state index contributed by atoms with van der Waals surface area (Å²) in [5.74, 6) is 1.94. The smallest absolute Gasteiger partial charge is 0.124 e. The van der Waals surface area contributed by atoms with E-state index in [-0.39, 0.29) is 5.54 Å². The highest BCUT2D eigenvalue weighted by Gasteiger charge is 2.40. The van der Waals surface area contributed by atoms with E-state index in [0.29, 0.717) is 11.8 Å². The number of nitrogens with two attached hydrogens (primary N) is 1. The van der Waals surface area contributed by atoms with Gasteiger partial charge in [0, 0.05) is 16.1 Å². The van der Waals surface area contributed by atoms with Gasteiger partial charge < -0.3 is 10.5 Å². The highest BCUT2D eigenvalue weighted by atomic mass is 35.5. The number of rotatable bonds is 2. The van der Waals surface area contributed by atoms with E-state index in [1.165, 1.54) is 6.42 Å². The molecule has 0 bridgehead atoms. The van der Waals surface area contributed by atoms with Crippen molar-refractivity contribution in [2.24, 2.45) is 17.6 Å².